The monoisotopic (exact) mass is 389 g/mol. The van der Waals surface area contributed by atoms with Crippen LogP contribution in [0.2, 0.25) is 0 Å². The number of methoxy groups -OCH3 is 4. The molecule has 1 unspecified atom stereocenters. The van der Waals surface area contributed by atoms with Crippen LogP contribution in [0.1, 0.15) is 16.5 Å². The van der Waals surface area contributed by atoms with Crippen LogP contribution < -0.4 is 18.9 Å². The maximum absolute atomic E-state index is 12.5. The Morgan fingerprint density at radius 2 is 1.59 bits per heavy atom. The Bertz CT molecular complexity index is 804. The molecule has 2 aromatic carbocycles. The van der Waals surface area contributed by atoms with E-state index in [2.05, 4.69) is 0 Å². The van der Waals surface area contributed by atoms with E-state index < -0.39 is 0 Å². The number of hydrogen-bond donors (Lipinski definition) is 0. The van der Waals surface area contributed by atoms with E-state index in [0.717, 1.165) is 11.1 Å². The summed E-state index contributed by atoms with van der Waals surface area (Å²) in [5, 5.41) is -0.0884. The first-order valence-corrected chi connectivity index (χ1v) is 9.49. The van der Waals surface area contributed by atoms with Gasteiger partial charge in [0, 0.05) is 12.6 Å². The molecule has 1 aliphatic rings. The van der Waals surface area contributed by atoms with Crippen LogP contribution in [-0.2, 0) is 11.3 Å². The van der Waals surface area contributed by atoms with Gasteiger partial charge in [-0.2, -0.15) is 0 Å². The highest BCUT2D eigenvalue weighted by Gasteiger charge is 2.33. The maximum atomic E-state index is 12.5. The number of nitrogens with zero attached hydrogens (tertiary/aromatic N) is 1. The van der Waals surface area contributed by atoms with Gasteiger partial charge in [-0.3, -0.25) is 4.79 Å². The first-order chi connectivity index (χ1) is 13.1. The Labute approximate surface area is 163 Å². The molecule has 7 heteroatoms. The molecule has 1 saturated heterocycles. The molecule has 1 atom stereocenters. The lowest BCUT2D eigenvalue weighted by molar-refractivity contribution is -0.128. The average Bonchev–Trinajstić information content (AvgIpc) is 3.07. The zero-order chi connectivity index (χ0) is 19.4. The molecular weight excluding hydrogens is 366 g/mol. The Morgan fingerprint density at radius 1 is 0.926 bits per heavy atom. The first-order valence-electron chi connectivity index (χ1n) is 8.44. The number of hydrogen-bond acceptors (Lipinski definition) is 6. The molecule has 3 rings (SSSR count). The lowest BCUT2D eigenvalue weighted by Crippen LogP contribution is -2.27. The lowest BCUT2D eigenvalue weighted by atomic mass is 10.1. The Balaban J connectivity index is 1.89. The Morgan fingerprint density at radius 3 is 2.19 bits per heavy atom. The third-order valence-corrected chi connectivity index (χ3v) is 5.68. The van der Waals surface area contributed by atoms with Crippen LogP contribution in [0.25, 0.3) is 0 Å². The van der Waals surface area contributed by atoms with Crippen molar-refractivity contribution in [2.75, 3.05) is 34.2 Å². The predicted molar refractivity (Wildman–Crippen MR) is 105 cm³/mol. The quantitative estimate of drug-likeness (QED) is 0.723. The highest BCUT2D eigenvalue weighted by atomic mass is 32.2. The number of carbonyl (C=O) groups is 1. The van der Waals surface area contributed by atoms with Crippen LogP contribution in [0.4, 0.5) is 0 Å². The normalized spacial score (nSPS) is 16.4. The predicted octanol–water partition coefficient (Wildman–Crippen LogP) is 3.50. The minimum atomic E-state index is -0.0884. The zero-order valence-electron chi connectivity index (χ0n) is 15.9. The van der Waals surface area contributed by atoms with E-state index in [-0.39, 0.29) is 11.3 Å². The molecule has 1 fully saturated rings. The second kappa shape index (κ2) is 8.43. The fourth-order valence-corrected chi connectivity index (χ4v) is 4.24. The van der Waals surface area contributed by atoms with Gasteiger partial charge in [0.25, 0.3) is 0 Å². The number of benzene rings is 2. The molecule has 1 amide bonds. The number of amides is 1. The van der Waals surface area contributed by atoms with E-state index in [1.807, 2.05) is 41.3 Å². The van der Waals surface area contributed by atoms with Crippen LogP contribution in [0.15, 0.2) is 36.4 Å². The molecule has 144 valence electrons. The SMILES string of the molecule is COc1cc(CN2C(=O)CSC2c2ccc(OC)c(OC)c2)cc(OC)c1. The van der Waals surface area contributed by atoms with Crippen molar-refractivity contribution in [3.05, 3.63) is 47.5 Å². The van der Waals surface area contributed by atoms with Crippen LogP contribution in [0, 0.1) is 0 Å². The molecular formula is C20H23NO5S. The van der Waals surface area contributed by atoms with Gasteiger partial charge in [-0.05, 0) is 35.4 Å². The van der Waals surface area contributed by atoms with Gasteiger partial charge in [0.15, 0.2) is 11.5 Å². The average molecular weight is 389 g/mol. The molecule has 1 aliphatic heterocycles. The summed E-state index contributed by atoms with van der Waals surface area (Å²) in [6.45, 7) is 0.471. The van der Waals surface area contributed by atoms with Gasteiger partial charge < -0.3 is 23.8 Å². The fraction of sp³-hybridized carbons (Fsp3) is 0.350. The van der Waals surface area contributed by atoms with Crippen LogP contribution in [0.3, 0.4) is 0 Å². The molecule has 0 radical (unpaired) electrons. The second-order valence-electron chi connectivity index (χ2n) is 6.02. The van der Waals surface area contributed by atoms with E-state index in [0.29, 0.717) is 35.3 Å². The third kappa shape index (κ3) is 4.08. The molecule has 0 aliphatic carbocycles. The van der Waals surface area contributed by atoms with Gasteiger partial charge >= 0.3 is 0 Å². The number of carbonyl (C=O) groups excluding carboxylic acids is 1. The number of ether oxygens (including phenoxy) is 4. The Hall–Kier alpha value is -2.54. The summed E-state index contributed by atoms with van der Waals surface area (Å²) in [6, 6.07) is 11.4. The third-order valence-electron chi connectivity index (χ3n) is 4.42. The fourth-order valence-electron chi connectivity index (χ4n) is 3.06. The number of thioether (sulfide) groups is 1. The number of rotatable bonds is 7. The van der Waals surface area contributed by atoms with Gasteiger partial charge in [-0.1, -0.05) is 6.07 Å². The second-order valence-corrected chi connectivity index (χ2v) is 7.09. The molecule has 6 nitrogen and oxygen atoms in total. The van der Waals surface area contributed by atoms with Crippen molar-refractivity contribution in [1.82, 2.24) is 4.90 Å². The topological polar surface area (TPSA) is 57.2 Å². The van der Waals surface area contributed by atoms with E-state index in [1.54, 1.807) is 40.2 Å². The van der Waals surface area contributed by atoms with Crippen molar-refractivity contribution in [3.63, 3.8) is 0 Å². The summed E-state index contributed by atoms with van der Waals surface area (Å²) in [4.78, 5) is 14.4. The van der Waals surface area contributed by atoms with Gasteiger partial charge in [0.2, 0.25) is 5.91 Å². The smallest absolute Gasteiger partial charge is 0.234 e. The van der Waals surface area contributed by atoms with Crippen molar-refractivity contribution in [2.24, 2.45) is 0 Å². The minimum absolute atomic E-state index is 0.0884. The van der Waals surface area contributed by atoms with Gasteiger partial charge in [-0.15, -0.1) is 11.8 Å². The summed E-state index contributed by atoms with van der Waals surface area (Å²) < 4.78 is 21.4. The van der Waals surface area contributed by atoms with Gasteiger partial charge in [-0.25, -0.2) is 0 Å². The zero-order valence-corrected chi connectivity index (χ0v) is 16.7. The molecule has 0 bridgehead atoms. The molecule has 27 heavy (non-hydrogen) atoms. The molecule has 1 heterocycles. The summed E-state index contributed by atoms with van der Waals surface area (Å²) >= 11 is 1.60. The van der Waals surface area contributed by atoms with E-state index >= 15 is 0 Å². The Kier molecular flexibility index (Phi) is 6.01. The summed E-state index contributed by atoms with van der Waals surface area (Å²) in [6.07, 6.45) is 0. The van der Waals surface area contributed by atoms with E-state index in [4.69, 9.17) is 18.9 Å². The summed E-state index contributed by atoms with van der Waals surface area (Å²) in [5.74, 6) is 3.26. The van der Waals surface area contributed by atoms with Crippen molar-refractivity contribution in [2.45, 2.75) is 11.9 Å². The highest BCUT2D eigenvalue weighted by molar-refractivity contribution is 8.00. The highest BCUT2D eigenvalue weighted by Crippen LogP contribution is 2.42. The van der Waals surface area contributed by atoms with Crippen LogP contribution in [0.5, 0.6) is 23.0 Å². The summed E-state index contributed by atoms with van der Waals surface area (Å²) in [5.41, 5.74) is 1.95. The molecule has 0 N–H and O–H groups in total. The molecule has 0 spiro atoms. The van der Waals surface area contributed by atoms with E-state index in [9.17, 15) is 4.79 Å². The van der Waals surface area contributed by atoms with Crippen LogP contribution >= 0.6 is 11.8 Å². The largest absolute Gasteiger partial charge is 0.497 e. The van der Waals surface area contributed by atoms with Gasteiger partial charge in [0.1, 0.15) is 16.9 Å². The van der Waals surface area contributed by atoms with Gasteiger partial charge in [0.05, 0.1) is 34.2 Å². The van der Waals surface area contributed by atoms with Crippen molar-refractivity contribution in [1.29, 1.82) is 0 Å². The van der Waals surface area contributed by atoms with Crippen molar-refractivity contribution in [3.8, 4) is 23.0 Å². The molecule has 2 aromatic rings. The lowest BCUT2D eigenvalue weighted by Gasteiger charge is -2.25. The van der Waals surface area contributed by atoms with Crippen molar-refractivity contribution >= 4 is 17.7 Å². The summed E-state index contributed by atoms with van der Waals surface area (Å²) in [7, 11) is 6.44. The molecule has 0 aromatic heterocycles. The minimum Gasteiger partial charge on any atom is -0.497 e. The first kappa shape index (κ1) is 19.2. The molecule has 0 saturated carbocycles. The standard InChI is InChI=1S/C20H23NO5S/c1-23-15-7-13(8-16(10-15)24-2)11-21-19(22)12-27-20(21)14-5-6-17(25-3)18(9-14)26-4/h5-10,20H,11-12H2,1-4H3. The van der Waals surface area contributed by atoms with Crippen LogP contribution in [-0.4, -0.2) is 45.0 Å². The van der Waals surface area contributed by atoms with Crippen molar-refractivity contribution < 1.29 is 23.7 Å². The van der Waals surface area contributed by atoms with E-state index in [1.165, 1.54) is 0 Å². The maximum Gasteiger partial charge on any atom is 0.234 e.